The molecule has 0 unspecified atom stereocenters. The van der Waals surface area contributed by atoms with Crippen LogP contribution in [-0.4, -0.2) is 18.1 Å². The Hall–Kier alpha value is -2.66. The Balaban J connectivity index is 2.34. The third-order valence-corrected chi connectivity index (χ3v) is 3.38. The van der Waals surface area contributed by atoms with E-state index >= 15 is 0 Å². The molecule has 3 aromatic rings. The van der Waals surface area contributed by atoms with E-state index in [9.17, 15) is 9.18 Å². The first-order valence-electron chi connectivity index (χ1n) is 6.95. The molecule has 112 valence electrons. The van der Waals surface area contributed by atoms with Crippen LogP contribution in [0.3, 0.4) is 0 Å². The van der Waals surface area contributed by atoms with Gasteiger partial charge in [0.15, 0.2) is 5.75 Å². The predicted molar refractivity (Wildman–Crippen MR) is 84.5 cm³/mol. The van der Waals surface area contributed by atoms with E-state index in [0.717, 1.165) is 5.56 Å². The minimum atomic E-state index is -0.573. The first-order valence-corrected chi connectivity index (χ1v) is 6.95. The number of aromatic amines is 1. The molecule has 0 atom stereocenters. The smallest absolute Gasteiger partial charge is 0.259 e. The van der Waals surface area contributed by atoms with Crippen molar-refractivity contribution in [2.45, 2.75) is 0 Å². The Kier molecular flexibility index (Phi) is 3.89. The largest absolute Gasteiger partial charge is 0.489 e. The number of nitrogens with two attached hydrogens (primary N) is 1. The van der Waals surface area contributed by atoms with Crippen molar-refractivity contribution in [3.8, 4) is 17.0 Å². The molecular formula is C17H15FN2O2. The van der Waals surface area contributed by atoms with Crippen LogP contribution < -0.4 is 16.0 Å². The van der Waals surface area contributed by atoms with Gasteiger partial charge in [-0.15, -0.1) is 0 Å². The van der Waals surface area contributed by atoms with E-state index in [2.05, 4.69) is 4.98 Å². The fraction of sp³-hybridized carbons (Fsp3) is 0.118. The lowest BCUT2D eigenvalue weighted by molar-refractivity contribution is 0.332. The Morgan fingerprint density at radius 2 is 1.86 bits per heavy atom. The number of halogens is 1. The third-order valence-electron chi connectivity index (χ3n) is 3.38. The van der Waals surface area contributed by atoms with Crippen LogP contribution >= 0.6 is 0 Å². The van der Waals surface area contributed by atoms with Gasteiger partial charge in [-0.3, -0.25) is 4.79 Å². The van der Waals surface area contributed by atoms with E-state index < -0.39 is 11.4 Å². The first kappa shape index (κ1) is 14.3. The van der Waals surface area contributed by atoms with Crippen molar-refractivity contribution < 1.29 is 9.13 Å². The topological polar surface area (TPSA) is 68.1 Å². The first-order chi connectivity index (χ1) is 10.7. The van der Waals surface area contributed by atoms with Gasteiger partial charge in [0.05, 0.1) is 11.1 Å². The van der Waals surface area contributed by atoms with Gasteiger partial charge in [-0.1, -0.05) is 42.5 Å². The Bertz CT molecular complexity index is 860. The van der Waals surface area contributed by atoms with E-state index in [0.29, 0.717) is 23.4 Å². The summed E-state index contributed by atoms with van der Waals surface area (Å²) in [5.74, 6) is -0.137. The molecule has 1 aromatic heterocycles. The van der Waals surface area contributed by atoms with E-state index in [1.165, 1.54) is 6.07 Å². The molecule has 0 saturated heterocycles. The van der Waals surface area contributed by atoms with Crippen LogP contribution in [0.2, 0.25) is 0 Å². The van der Waals surface area contributed by atoms with Crippen molar-refractivity contribution in [3.63, 3.8) is 0 Å². The molecule has 0 spiro atoms. The predicted octanol–water partition coefficient (Wildman–Crippen LogP) is 2.67. The summed E-state index contributed by atoms with van der Waals surface area (Å²) in [7, 11) is 0. The zero-order valence-corrected chi connectivity index (χ0v) is 11.8. The lowest BCUT2D eigenvalue weighted by Gasteiger charge is -2.14. The number of ether oxygens (including phenoxy) is 1. The molecule has 0 radical (unpaired) electrons. The van der Waals surface area contributed by atoms with Crippen molar-refractivity contribution in [2.75, 3.05) is 13.2 Å². The summed E-state index contributed by atoms with van der Waals surface area (Å²) in [5.41, 5.74) is 6.33. The van der Waals surface area contributed by atoms with Crippen LogP contribution in [0, 0.1) is 5.82 Å². The van der Waals surface area contributed by atoms with E-state index in [1.807, 2.05) is 30.3 Å². The minimum Gasteiger partial charge on any atom is -0.489 e. The average molecular weight is 298 g/mol. The van der Waals surface area contributed by atoms with Crippen molar-refractivity contribution in [1.29, 1.82) is 0 Å². The van der Waals surface area contributed by atoms with E-state index in [1.54, 1.807) is 12.1 Å². The SMILES string of the molecule is NCCOc1c(-c2ccccc2)[nH]c(=O)c2c(F)cccc12. The molecule has 1 heterocycles. The fourth-order valence-electron chi connectivity index (χ4n) is 2.43. The van der Waals surface area contributed by atoms with E-state index in [4.69, 9.17) is 10.5 Å². The van der Waals surface area contributed by atoms with E-state index in [-0.39, 0.29) is 12.0 Å². The second-order valence-corrected chi connectivity index (χ2v) is 4.82. The third kappa shape index (κ3) is 2.46. The average Bonchev–Trinajstić information content (AvgIpc) is 2.54. The fourth-order valence-corrected chi connectivity index (χ4v) is 2.43. The van der Waals surface area contributed by atoms with Crippen molar-refractivity contribution in [3.05, 3.63) is 64.7 Å². The number of benzene rings is 2. The highest BCUT2D eigenvalue weighted by Crippen LogP contribution is 2.34. The highest BCUT2D eigenvalue weighted by Gasteiger charge is 2.16. The number of hydrogen-bond acceptors (Lipinski definition) is 3. The van der Waals surface area contributed by atoms with Gasteiger partial charge >= 0.3 is 0 Å². The lowest BCUT2D eigenvalue weighted by atomic mass is 10.1. The highest BCUT2D eigenvalue weighted by molar-refractivity contribution is 5.93. The monoisotopic (exact) mass is 298 g/mol. The zero-order chi connectivity index (χ0) is 15.5. The molecule has 22 heavy (non-hydrogen) atoms. The number of hydrogen-bond donors (Lipinski definition) is 2. The van der Waals surface area contributed by atoms with Gasteiger partial charge in [0.2, 0.25) is 0 Å². The van der Waals surface area contributed by atoms with Crippen LogP contribution in [0.5, 0.6) is 5.75 Å². The van der Waals surface area contributed by atoms with Gasteiger partial charge in [-0.25, -0.2) is 4.39 Å². The maximum atomic E-state index is 14.0. The summed E-state index contributed by atoms with van der Waals surface area (Å²) in [6.45, 7) is 0.599. The second kappa shape index (κ2) is 5.99. The molecule has 3 rings (SSSR count). The van der Waals surface area contributed by atoms with Gasteiger partial charge in [0.1, 0.15) is 12.4 Å². The normalized spacial score (nSPS) is 10.8. The van der Waals surface area contributed by atoms with Crippen LogP contribution in [-0.2, 0) is 0 Å². The molecule has 0 aliphatic carbocycles. The maximum Gasteiger partial charge on any atom is 0.259 e. The summed E-state index contributed by atoms with van der Waals surface area (Å²) < 4.78 is 19.7. The number of nitrogens with one attached hydrogen (secondary N) is 1. The molecule has 0 aliphatic rings. The Morgan fingerprint density at radius 1 is 1.09 bits per heavy atom. The number of pyridine rings is 1. The van der Waals surface area contributed by atoms with Gasteiger partial charge in [0.25, 0.3) is 5.56 Å². The Morgan fingerprint density at radius 3 is 2.59 bits per heavy atom. The molecular weight excluding hydrogens is 283 g/mol. The van der Waals surface area contributed by atoms with Crippen molar-refractivity contribution in [1.82, 2.24) is 4.98 Å². The van der Waals surface area contributed by atoms with Gasteiger partial charge in [-0.05, 0) is 6.07 Å². The highest BCUT2D eigenvalue weighted by atomic mass is 19.1. The quantitative estimate of drug-likeness (QED) is 0.778. The van der Waals surface area contributed by atoms with Crippen LogP contribution in [0.4, 0.5) is 4.39 Å². The molecule has 2 aromatic carbocycles. The molecule has 0 amide bonds. The maximum absolute atomic E-state index is 14.0. The molecule has 0 bridgehead atoms. The number of rotatable bonds is 4. The summed E-state index contributed by atoms with van der Waals surface area (Å²) in [4.78, 5) is 15.0. The summed E-state index contributed by atoms with van der Waals surface area (Å²) in [6, 6.07) is 13.8. The Labute approximate surface area is 126 Å². The van der Waals surface area contributed by atoms with Gasteiger partial charge in [-0.2, -0.15) is 0 Å². The molecule has 0 aliphatic heterocycles. The second-order valence-electron chi connectivity index (χ2n) is 4.82. The number of aromatic nitrogens is 1. The van der Waals surface area contributed by atoms with Crippen molar-refractivity contribution in [2.24, 2.45) is 5.73 Å². The van der Waals surface area contributed by atoms with Crippen LogP contribution in [0.15, 0.2) is 53.3 Å². The lowest BCUT2D eigenvalue weighted by Crippen LogP contribution is -2.15. The van der Waals surface area contributed by atoms with Crippen LogP contribution in [0.1, 0.15) is 0 Å². The summed E-state index contributed by atoms with van der Waals surface area (Å²) in [6.07, 6.45) is 0. The summed E-state index contributed by atoms with van der Waals surface area (Å²) >= 11 is 0. The van der Waals surface area contributed by atoms with Crippen LogP contribution in [0.25, 0.3) is 22.0 Å². The summed E-state index contributed by atoms with van der Waals surface area (Å²) in [5, 5.41) is 0.435. The molecule has 4 nitrogen and oxygen atoms in total. The zero-order valence-electron chi connectivity index (χ0n) is 11.8. The molecule has 5 heteroatoms. The van der Waals surface area contributed by atoms with Crippen molar-refractivity contribution >= 4 is 10.8 Å². The minimum absolute atomic E-state index is 0.00537. The molecule has 3 N–H and O–H groups in total. The van der Waals surface area contributed by atoms with Gasteiger partial charge in [0, 0.05) is 17.5 Å². The number of H-pyrrole nitrogens is 1. The molecule has 0 saturated carbocycles. The molecule has 0 fully saturated rings. The number of fused-ring (bicyclic) bond motifs is 1. The standard InChI is InChI=1S/C17H15FN2O2/c18-13-8-4-7-12-14(13)17(21)20-15(16(12)22-10-9-19)11-5-2-1-3-6-11/h1-8H,9-10,19H2,(H,20,21). The van der Waals surface area contributed by atoms with Gasteiger partial charge < -0.3 is 15.5 Å².